The van der Waals surface area contributed by atoms with Gasteiger partial charge >= 0.3 is 5.97 Å². The van der Waals surface area contributed by atoms with Crippen molar-refractivity contribution < 1.29 is 14.7 Å². The second kappa shape index (κ2) is 4.04. The highest BCUT2D eigenvalue weighted by Gasteiger charge is 2.08. The number of carbonyl (C=O) groups excluding carboxylic acids is 1. The van der Waals surface area contributed by atoms with E-state index >= 15 is 0 Å². The smallest absolute Gasteiger partial charge is 0.313 e. The van der Waals surface area contributed by atoms with E-state index in [1.165, 1.54) is 6.92 Å². The van der Waals surface area contributed by atoms with E-state index in [1.54, 1.807) is 0 Å². The van der Waals surface area contributed by atoms with Crippen LogP contribution in [0.1, 0.15) is 17.5 Å². The molecule has 70 valence electrons. The Morgan fingerprint density at radius 3 is 2.77 bits per heavy atom. The molecule has 0 amide bonds. The summed E-state index contributed by atoms with van der Waals surface area (Å²) in [6, 6.07) is 0. The number of rotatable bonds is 4. The van der Waals surface area contributed by atoms with E-state index in [4.69, 9.17) is 5.11 Å². The van der Waals surface area contributed by atoms with E-state index in [-0.39, 0.29) is 22.5 Å². The van der Waals surface area contributed by atoms with E-state index in [0.29, 0.717) is 0 Å². The zero-order chi connectivity index (χ0) is 9.84. The number of carboxylic acids is 1. The van der Waals surface area contributed by atoms with Crippen LogP contribution in [-0.4, -0.2) is 37.8 Å². The fraction of sp³-hybridized carbons (Fsp3) is 0.333. The quantitative estimate of drug-likeness (QED) is 0.533. The molecule has 0 atom stereocenters. The molecule has 0 aliphatic rings. The predicted octanol–water partition coefficient (Wildman–Crippen LogP) is 0.184. The molecule has 0 aromatic carbocycles. The number of nitrogens with zero attached hydrogens (tertiary/aromatic N) is 2. The number of Topliss-reactive ketones (excluding diaryl/α,β-unsaturated/α-hetero) is 1. The van der Waals surface area contributed by atoms with Crippen molar-refractivity contribution in [3.05, 3.63) is 5.82 Å². The molecule has 0 fully saturated rings. The van der Waals surface area contributed by atoms with Gasteiger partial charge in [0.1, 0.15) is 0 Å². The molecule has 0 aliphatic carbocycles. The van der Waals surface area contributed by atoms with Crippen molar-refractivity contribution in [2.75, 3.05) is 5.75 Å². The van der Waals surface area contributed by atoms with E-state index < -0.39 is 5.97 Å². The van der Waals surface area contributed by atoms with Crippen LogP contribution in [0.5, 0.6) is 0 Å². The van der Waals surface area contributed by atoms with Crippen LogP contribution in [0.3, 0.4) is 0 Å². The van der Waals surface area contributed by atoms with Crippen molar-refractivity contribution in [2.45, 2.75) is 12.1 Å². The standard InChI is InChI=1S/C6H7N3O3S/c1-3(10)5-7-6(9-8-5)13-2-4(11)12/h2H2,1H3,(H,11,12)(H,7,8,9). The number of carboxylic acid groups (broad SMARTS) is 1. The molecule has 0 radical (unpaired) electrons. The summed E-state index contributed by atoms with van der Waals surface area (Å²) in [5, 5.41) is 14.7. The average Bonchev–Trinajstić information content (AvgIpc) is 2.48. The lowest BCUT2D eigenvalue weighted by Crippen LogP contribution is -1.98. The summed E-state index contributed by atoms with van der Waals surface area (Å²) in [7, 11) is 0. The van der Waals surface area contributed by atoms with Crippen molar-refractivity contribution >= 4 is 23.5 Å². The Morgan fingerprint density at radius 1 is 1.62 bits per heavy atom. The summed E-state index contributed by atoms with van der Waals surface area (Å²) in [5.74, 6) is -1.14. The number of carbonyl (C=O) groups is 2. The number of hydrogen-bond donors (Lipinski definition) is 2. The molecule has 13 heavy (non-hydrogen) atoms. The van der Waals surface area contributed by atoms with E-state index in [9.17, 15) is 9.59 Å². The lowest BCUT2D eigenvalue weighted by Gasteiger charge is -1.87. The summed E-state index contributed by atoms with van der Waals surface area (Å²) in [5.41, 5.74) is 0. The van der Waals surface area contributed by atoms with Gasteiger partial charge in [0.2, 0.25) is 5.16 Å². The molecule has 2 N–H and O–H groups in total. The highest BCUT2D eigenvalue weighted by molar-refractivity contribution is 7.99. The maximum atomic E-state index is 10.7. The molecule has 6 nitrogen and oxygen atoms in total. The van der Waals surface area contributed by atoms with Gasteiger partial charge in [0.15, 0.2) is 11.6 Å². The van der Waals surface area contributed by atoms with Crippen molar-refractivity contribution in [1.82, 2.24) is 15.2 Å². The third-order valence-corrected chi connectivity index (χ3v) is 1.96. The monoisotopic (exact) mass is 201 g/mol. The average molecular weight is 201 g/mol. The Kier molecular flexibility index (Phi) is 3.02. The largest absolute Gasteiger partial charge is 0.481 e. The van der Waals surface area contributed by atoms with E-state index in [2.05, 4.69) is 15.2 Å². The number of ketones is 1. The first-order valence-corrected chi connectivity index (χ1v) is 4.36. The Labute approximate surface area is 77.7 Å². The van der Waals surface area contributed by atoms with Crippen LogP contribution in [0.15, 0.2) is 5.16 Å². The Balaban J connectivity index is 2.59. The number of aromatic nitrogens is 3. The normalized spacial score (nSPS) is 9.92. The lowest BCUT2D eigenvalue weighted by molar-refractivity contribution is -0.133. The molecule has 0 saturated carbocycles. The SMILES string of the molecule is CC(=O)c1nc(SCC(=O)O)n[nH]1. The van der Waals surface area contributed by atoms with Gasteiger partial charge in [0.05, 0.1) is 5.75 Å². The number of hydrogen-bond acceptors (Lipinski definition) is 5. The van der Waals surface area contributed by atoms with Gasteiger partial charge in [0.25, 0.3) is 0 Å². The van der Waals surface area contributed by atoms with Crippen molar-refractivity contribution in [1.29, 1.82) is 0 Å². The zero-order valence-corrected chi connectivity index (χ0v) is 7.59. The second-order valence-corrected chi connectivity index (χ2v) is 3.15. The van der Waals surface area contributed by atoms with Crippen molar-refractivity contribution in [3.8, 4) is 0 Å². The summed E-state index contributed by atoms with van der Waals surface area (Å²) in [6.07, 6.45) is 0. The summed E-state index contributed by atoms with van der Waals surface area (Å²) in [6.45, 7) is 1.35. The van der Waals surface area contributed by atoms with Gasteiger partial charge in [-0.15, -0.1) is 5.10 Å². The number of nitrogens with one attached hydrogen (secondary N) is 1. The maximum absolute atomic E-state index is 10.7. The molecule has 0 bridgehead atoms. The van der Waals surface area contributed by atoms with Crippen LogP contribution in [0.2, 0.25) is 0 Å². The fourth-order valence-corrected chi connectivity index (χ4v) is 1.11. The molecule has 1 aromatic rings. The van der Waals surface area contributed by atoms with Gasteiger partial charge in [0, 0.05) is 6.92 Å². The summed E-state index contributed by atoms with van der Waals surface area (Å²) in [4.78, 5) is 24.7. The molecule has 1 aromatic heterocycles. The molecular weight excluding hydrogens is 194 g/mol. The first-order valence-electron chi connectivity index (χ1n) is 3.37. The van der Waals surface area contributed by atoms with Gasteiger partial charge in [-0.3, -0.25) is 14.7 Å². The number of thioether (sulfide) groups is 1. The van der Waals surface area contributed by atoms with Crippen LogP contribution in [0, 0.1) is 0 Å². The minimum Gasteiger partial charge on any atom is -0.481 e. The number of aromatic amines is 1. The second-order valence-electron chi connectivity index (χ2n) is 2.21. The van der Waals surface area contributed by atoms with Gasteiger partial charge < -0.3 is 5.11 Å². The number of H-pyrrole nitrogens is 1. The zero-order valence-electron chi connectivity index (χ0n) is 6.77. The molecule has 1 rings (SSSR count). The molecule has 0 unspecified atom stereocenters. The van der Waals surface area contributed by atoms with Gasteiger partial charge in [-0.25, -0.2) is 0 Å². The molecule has 1 heterocycles. The van der Waals surface area contributed by atoms with Crippen molar-refractivity contribution in [2.24, 2.45) is 0 Å². The van der Waals surface area contributed by atoms with Crippen LogP contribution < -0.4 is 0 Å². The van der Waals surface area contributed by atoms with E-state index in [1.807, 2.05) is 0 Å². The molecule has 0 aliphatic heterocycles. The van der Waals surface area contributed by atoms with Crippen LogP contribution in [0.25, 0.3) is 0 Å². The molecule has 0 saturated heterocycles. The summed E-state index contributed by atoms with van der Waals surface area (Å²) < 4.78 is 0. The third-order valence-electron chi connectivity index (χ3n) is 1.12. The van der Waals surface area contributed by atoms with Crippen molar-refractivity contribution in [3.63, 3.8) is 0 Å². The summed E-state index contributed by atoms with van der Waals surface area (Å²) >= 11 is 0.962. The highest BCUT2D eigenvalue weighted by Crippen LogP contribution is 2.11. The number of aliphatic carboxylic acids is 1. The predicted molar refractivity (Wildman–Crippen MR) is 44.7 cm³/mol. The molecule has 7 heteroatoms. The maximum Gasteiger partial charge on any atom is 0.313 e. The van der Waals surface area contributed by atoms with Gasteiger partial charge in [-0.1, -0.05) is 11.8 Å². The third kappa shape index (κ3) is 2.86. The topological polar surface area (TPSA) is 95.9 Å². The Bertz CT molecular complexity index is 336. The first kappa shape index (κ1) is 9.72. The van der Waals surface area contributed by atoms with Gasteiger partial charge in [-0.05, 0) is 0 Å². The van der Waals surface area contributed by atoms with Crippen LogP contribution in [0.4, 0.5) is 0 Å². The molecular formula is C6H7N3O3S. The van der Waals surface area contributed by atoms with E-state index in [0.717, 1.165) is 11.8 Å². The Morgan fingerprint density at radius 2 is 2.31 bits per heavy atom. The highest BCUT2D eigenvalue weighted by atomic mass is 32.2. The first-order chi connectivity index (χ1) is 6.09. The lowest BCUT2D eigenvalue weighted by atomic mass is 10.4. The fourth-order valence-electron chi connectivity index (χ4n) is 0.595. The minimum absolute atomic E-state index is 0.116. The van der Waals surface area contributed by atoms with Gasteiger partial charge in [-0.2, -0.15) is 4.98 Å². The van der Waals surface area contributed by atoms with Crippen LogP contribution >= 0.6 is 11.8 Å². The Hall–Kier alpha value is -1.37. The molecule has 0 spiro atoms. The van der Waals surface area contributed by atoms with Crippen LogP contribution in [-0.2, 0) is 4.79 Å². The minimum atomic E-state index is -0.945.